The Bertz CT molecular complexity index is 1100. The van der Waals surface area contributed by atoms with Crippen LogP contribution in [0.4, 0.5) is 0 Å². The van der Waals surface area contributed by atoms with E-state index in [1.54, 1.807) is 18.4 Å². The lowest BCUT2D eigenvalue weighted by atomic mass is 10.2. The summed E-state index contributed by atoms with van der Waals surface area (Å²) in [4.78, 5) is 22.3. The van der Waals surface area contributed by atoms with Gasteiger partial charge in [-0.2, -0.15) is 0 Å². The van der Waals surface area contributed by atoms with E-state index in [0.717, 1.165) is 27.6 Å². The van der Waals surface area contributed by atoms with E-state index in [9.17, 15) is 4.79 Å². The molecule has 1 aromatic carbocycles. The summed E-state index contributed by atoms with van der Waals surface area (Å²) < 4.78 is 5.19. The standard InChI is InChI=1S/C20H19N3O2S2/c1-12(21-10-13-5-7-14(25-2)8-6-13)18-22-19(24)17-15(11-27-20(17)23-18)16-4-3-9-26-16/h3-9,11-12,21H,10H2,1-2H3,(H,22,23,24)/p+1/t12-/m0/s1. The molecule has 138 valence electrons. The predicted molar refractivity (Wildman–Crippen MR) is 111 cm³/mol. The Hall–Kier alpha value is -2.48. The predicted octanol–water partition coefficient (Wildman–Crippen LogP) is 3.55. The maximum absolute atomic E-state index is 12.7. The molecule has 27 heavy (non-hydrogen) atoms. The molecule has 0 spiro atoms. The van der Waals surface area contributed by atoms with Gasteiger partial charge in [-0.1, -0.05) is 6.07 Å². The van der Waals surface area contributed by atoms with Gasteiger partial charge in [0, 0.05) is 21.4 Å². The number of fused-ring (bicyclic) bond motifs is 1. The molecule has 3 aromatic heterocycles. The van der Waals surface area contributed by atoms with E-state index >= 15 is 0 Å². The molecule has 0 aliphatic carbocycles. The van der Waals surface area contributed by atoms with Crippen molar-refractivity contribution in [2.45, 2.75) is 19.5 Å². The highest BCUT2D eigenvalue weighted by Crippen LogP contribution is 2.33. The van der Waals surface area contributed by atoms with Crippen molar-refractivity contribution in [3.05, 3.63) is 68.9 Å². The first kappa shape index (κ1) is 17.9. The number of H-pyrrole nitrogens is 1. The number of aromatic nitrogens is 2. The molecule has 0 unspecified atom stereocenters. The van der Waals surface area contributed by atoms with Crippen molar-refractivity contribution in [2.75, 3.05) is 7.11 Å². The lowest BCUT2D eigenvalue weighted by molar-refractivity contribution is -0.709. The zero-order valence-electron chi connectivity index (χ0n) is 15.1. The number of thiophene rings is 2. The molecule has 0 radical (unpaired) electrons. The van der Waals surface area contributed by atoms with Crippen LogP contribution in [0.5, 0.6) is 5.75 Å². The van der Waals surface area contributed by atoms with E-state index in [4.69, 9.17) is 9.72 Å². The fourth-order valence-corrected chi connectivity index (χ4v) is 4.75. The van der Waals surface area contributed by atoms with Gasteiger partial charge in [-0.15, -0.1) is 22.7 Å². The highest BCUT2D eigenvalue weighted by Gasteiger charge is 2.17. The van der Waals surface area contributed by atoms with Crippen LogP contribution in [0.15, 0.2) is 52.0 Å². The summed E-state index contributed by atoms with van der Waals surface area (Å²) in [6, 6.07) is 12.1. The third-order valence-electron chi connectivity index (χ3n) is 4.55. The number of hydrogen-bond acceptors (Lipinski definition) is 5. The Labute approximate surface area is 164 Å². The molecule has 0 saturated heterocycles. The summed E-state index contributed by atoms with van der Waals surface area (Å²) >= 11 is 3.16. The third-order valence-corrected chi connectivity index (χ3v) is 6.32. The molecule has 0 aliphatic heterocycles. The van der Waals surface area contributed by atoms with E-state index in [0.29, 0.717) is 11.2 Å². The number of quaternary nitrogens is 1. The van der Waals surface area contributed by atoms with Crippen LogP contribution in [-0.2, 0) is 6.54 Å². The van der Waals surface area contributed by atoms with Crippen molar-refractivity contribution in [2.24, 2.45) is 0 Å². The Morgan fingerprint density at radius 3 is 2.74 bits per heavy atom. The Kier molecular flexibility index (Phi) is 5.07. The summed E-state index contributed by atoms with van der Waals surface area (Å²) in [5.74, 6) is 1.56. The Morgan fingerprint density at radius 2 is 2.04 bits per heavy atom. The van der Waals surface area contributed by atoms with Crippen LogP contribution in [-0.4, -0.2) is 17.1 Å². The minimum atomic E-state index is -0.0654. The van der Waals surface area contributed by atoms with Crippen LogP contribution >= 0.6 is 22.7 Å². The second-order valence-electron chi connectivity index (χ2n) is 6.33. The van der Waals surface area contributed by atoms with Gasteiger partial charge in [0.1, 0.15) is 23.2 Å². The largest absolute Gasteiger partial charge is 0.497 e. The average molecular weight is 399 g/mol. The molecule has 3 heterocycles. The number of nitrogens with one attached hydrogen (secondary N) is 1. The highest BCUT2D eigenvalue weighted by atomic mass is 32.1. The zero-order chi connectivity index (χ0) is 18.8. The monoisotopic (exact) mass is 398 g/mol. The number of nitrogens with two attached hydrogens (primary N) is 1. The lowest BCUT2D eigenvalue weighted by Gasteiger charge is -2.10. The van der Waals surface area contributed by atoms with E-state index in [1.165, 1.54) is 16.9 Å². The maximum atomic E-state index is 12.7. The molecule has 4 rings (SSSR count). The van der Waals surface area contributed by atoms with Crippen LogP contribution < -0.4 is 15.6 Å². The molecule has 0 aliphatic rings. The molecule has 5 nitrogen and oxygen atoms in total. The van der Waals surface area contributed by atoms with E-state index < -0.39 is 0 Å². The Balaban J connectivity index is 1.55. The molecule has 0 fully saturated rings. The number of ether oxygens (including phenoxy) is 1. The van der Waals surface area contributed by atoms with Gasteiger partial charge in [0.2, 0.25) is 0 Å². The number of nitrogens with zero attached hydrogens (tertiary/aromatic N) is 1. The number of methoxy groups -OCH3 is 1. The normalized spacial score (nSPS) is 12.4. The lowest BCUT2D eigenvalue weighted by Crippen LogP contribution is -2.83. The molecule has 7 heteroatoms. The summed E-state index contributed by atoms with van der Waals surface area (Å²) in [6.07, 6.45) is 0. The molecule has 0 saturated carbocycles. The second-order valence-corrected chi connectivity index (χ2v) is 8.14. The maximum Gasteiger partial charge on any atom is 0.260 e. The summed E-state index contributed by atoms with van der Waals surface area (Å²) in [5.41, 5.74) is 2.10. The van der Waals surface area contributed by atoms with Gasteiger partial charge in [0.15, 0.2) is 5.82 Å². The molecule has 0 bridgehead atoms. The van der Waals surface area contributed by atoms with Gasteiger partial charge < -0.3 is 15.0 Å². The first-order valence-electron chi connectivity index (χ1n) is 8.67. The van der Waals surface area contributed by atoms with Crippen LogP contribution in [0.2, 0.25) is 0 Å². The van der Waals surface area contributed by atoms with Crippen LogP contribution in [0.3, 0.4) is 0 Å². The first-order valence-corrected chi connectivity index (χ1v) is 10.4. The van der Waals surface area contributed by atoms with Crippen LogP contribution in [0.1, 0.15) is 24.4 Å². The van der Waals surface area contributed by atoms with Gasteiger partial charge in [-0.3, -0.25) is 4.79 Å². The molecular formula is C20H20N3O2S2+. The Morgan fingerprint density at radius 1 is 1.22 bits per heavy atom. The number of aromatic amines is 1. The molecule has 4 aromatic rings. The smallest absolute Gasteiger partial charge is 0.260 e. The summed E-state index contributed by atoms with van der Waals surface area (Å²) in [6.45, 7) is 2.86. The number of benzene rings is 1. The zero-order valence-corrected chi connectivity index (χ0v) is 16.7. The van der Waals surface area contributed by atoms with Crippen molar-refractivity contribution in [3.63, 3.8) is 0 Å². The van der Waals surface area contributed by atoms with Gasteiger partial charge in [-0.25, -0.2) is 4.98 Å². The van der Waals surface area contributed by atoms with Gasteiger partial charge >= 0.3 is 0 Å². The van der Waals surface area contributed by atoms with Crippen molar-refractivity contribution in [3.8, 4) is 16.2 Å². The van der Waals surface area contributed by atoms with Gasteiger partial charge in [0.25, 0.3) is 5.56 Å². The van der Waals surface area contributed by atoms with E-state index in [2.05, 4.69) is 17.2 Å². The third kappa shape index (κ3) is 3.66. The van der Waals surface area contributed by atoms with Gasteiger partial charge in [-0.05, 0) is 42.6 Å². The summed E-state index contributed by atoms with van der Waals surface area (Å²) in [5, 5.41) is 6.90. The topological polar surface area (TPSA) is 71.6 Å². The van der Waals surface area contributed by atoms with Gasteiger partial charge in [0.05, 0.1) is 12.5 Å². The summed E-state index contributed by atoms with van der Waals surface area (Å²) in [7, 11) is 1.66. The number of rotatable bonds is 6. The van der Waals surface area contributed by atoms with Crippen molar-refractivity contribution < 1.29 is 10.1 Å². The molecular weight excluding hydrogens is 378 g/mol. The van der Waals surface area contributed by atoms with Crippen molar-refractivity contribution in [1.29, 1.82) is 0 Å². The fraction of sp³-hybridized carbons (Fsp3) is 0.200. The highest BCUT2D eigenvalue weighted by molar-refractivity contribution is 7.18. The minimum Gasteiger partial charge on any atom is -0.497 e. The van der Waals surface area contributed by atoms with E-state index in [-0.39, 0.29) is 11.6 Å². The number of hydrogen-bond donors (Lipinski definition) is 2. The second kappa shape index (κ2) is 7.64. The van der Waals surface area contributed by atoms with Crippen LogP contribution in [0.25, 0.3) is 20.7 Å². The molecule has 0 amide bonds. The molecule has 3 N–H and O–H groups in total. The SMILES string of the molecule is COc1ccc(C[NH2+][C@@H](C)c2nc3scc(-c4cccs4)c3c(=O)[nH]2)cc1. The van der Waals surface area contributed by atoms with E-state index in [1.807, 2.05) is 47.2 Å². The minimum absolute atomic E-state index is 0.0523. The molecule has 1 atom stereocenters. The van der Waals surface area contributed by atoms with Crippen LogP contribution in [0, 0.1) is 0 Å². The van der Waals surface area contributed by atoms with Crippen molar-refractivity contribution in [1.82, 2.24) is 9.97 Å². The quantitative estimate of drug-likeness (QED) is 0.522. The fourth-order valence-electron chi connectivity index (χ4n) is 2.98. The average Bonchev–Trinajstić information content (AvgIpc) is 3.36. The van der Waals surface area contributed by atoms with Crippen molar-refractivity contribution >= 4 is 32.9 Å². The first-order chi connectivity index (χ1) is 13.2.